The van der Waals surface area contributed by atoms with Gasteiger partial charge in [0.25, 0.3) is 0 Å². The maximum absolute atomic E-state index is 11.4. The van der Waals surface area contributed by atoms with E-state index in [4.69, 9.17) is 9.84 Å². The number of nitrogens with one attached hydrogen (secondary N) is 1. The zero-order chi connectivity index (χ0) is 12.3. The van der Waals surface area contributed by atoms with Crippen LogP contribution < -0.4 is 10.1 Å². The zero-order valence-electron chi connectivity index (χ0n) is 9.18. The van der Waals surface area contributed by atoms with Crippen LogP contribution in [0.2, 0.25) is 0 Å². The average Bonchev–Trinajstić information content (AvgIpc) is 2.28. The molecule has 0 saturated heterocycles. The molecule has 0 fully saturated rings. The van der Waals surface area contributed by atoms with Crippen molar-refractivity contribution in [3.05, 3.63) is 29.8 Å². The van der Waals surface area contributed by atoms with Crippen molar-refractivity contribution in [1.82, 2.24) is 5.32 Å². The second kappa shape index (κ2) is 4.86. The van der Waals surface area contributed by atoms with Crippen LogP contribution in [-0.4, -0.2) is 23.6 Å². The molecule has 1 amide bonds. The Labute approximate surface area is 98.4 Å². The molecule has 1 heterocycles. The number of fused-ring (bicyclic) bond motifs is 1. The highest BCUT2D eigenvalue weighted by Gasteiger charge is 2.23. The van der Waals surface area contributed by atoms with Crippen molar-refractivity contribution in [2.75, 3.05) is 6.61 Å². The van der Waals surface area contributed by atoms with Crippen molar-refractivity contribution in [3.63, 3.8) is 0 Å². The van der Waals surface area contributed by atoms with E-state index in [0.29, 0.717) is 13.0 Å². The summed E-state index contributed by atoms with van der Waals surface area (Å²) in [5, 5.41) is 11.2. The maximum Gasteiger partial charge on any atom is 0.312 e. The lowest BCUT2D eigenvalue weighted by molar-refractivity contribution is -0.140. The van der Waals surface area contributed by atoms with Crippen molar-refractivity contribution in [2.45, 2.75) is 18.9 Å². The SMILES string of the molecule is O=C(O)CC(=O)NC1CCOc2ccccc21. The van der Waals surface area contributed by atoms with Crippen LogP contribution in [0.25, 0.3) is 0 Å². The molecule has 1 aromatic carbocycles. The van der Waals surface area contributed by atoms with E-state index in [0.717, 1.165) is 11.3 Å². The molecule has 0 aliphatic carbocycles. The van der Waals surface area contributed by atoms with Crippen molar-refractivity contribution in [2.24, 2.45) is 0 Å². The van der Waals surface area contributed by atoms with Crippen molar-refractivity contribution >= 4 is 11.9 Å². The number of rotatable bonds is 3. The van der Waals surface area contributed by atoms with Gasteiger partial charge in [0.05, 0.1) is 12.6 Å². The number of carboxylic acid groups (broad SMARTS) is 1. The minimum absolute atomic E-state index is 0.160. The summed E-state index contributed by atoms with van der Waals surface area (Å²) in [4.78, 5) is 21.8. The number of carboxylic acids is 1. The first-order valence-corrected chi connectivity index (χ1v) is 5.39. The third-order valence-corrected chi connectivity index (χ3v) is 2.61. The second-order valence-electron chi connectivity index (χ2n) is 3.87. The Bertz CT molecular complexity index is 444. The van der Waals surface area contributed by atoms with Gasteiger partial charge in [-0.15, -0.1) is 0 Å². The summed E-state index contributed by atoms with van der Waals surface area (Å²) in [6.45, 7) is 0.523. The van der Waals surface area contributed by atoms with Crippen LogP contribution in [0.4, 0.5) is 0 Å². The van der Waals surface area contributed by atoms with Crippen molar-refractivity contribution < 1.29 is 19.4 Å². The summed E-state index contributed by atoms with van der Waals surface area (Å²) in [6.07, 6.45) is 0.155. The van der Waals surface area contributed by atoms with Crippen LogP contribution in [0, 0.1) is 0 Å². The first-order valence-electron chi connectivity index (χ1n) is 5.39. The monoisotopic (exact) mass is 235 g/mol. The number of hydrogen-bond donors (Lipinski definition) is 2. The Balaban J connectivity index is 2.08. The fourth-order valence-electron chi connectivity index (χ4n) is 1.87. The molecule has 0 aromatic heterocycles. The van der Waals surface area contributed by atoms with Crippen molar-refractivity contribution in [1.29, 1.82) is 0 Å². The van der Waals surface area contributed by atoms with E-state index in [1.54, 1.807) is 0 Å². The molecule has 0 spiro atoms. The fraction of sp³-hybridized carbons (Fsp3) is 0.333. The first-order chi connectivity index (χ1) is 8.16. The van der Waals surface area contributed by atoms with E-state index in [2.05, 4.69) is 5.32 Å². The number of para-hydroxylation sites is 1. The van der Waals surface area contributed by atoms with E-state index in [1.165, 1.54) is 0 Å². The smallest absolute Gasteiger partial charge is 0.312 e. The largest absolute Gasteiger partial charge is 0.493 e. The maximum atomic E-state index is 11.4. The molecule has 1 atom stereocenters. The predicted octanol–water partition coefficient (Wildman–Crippen LogP) is 1.10. The van der Waals surface area contributed by atoms with Crippen LogP contribution in [0.15, 0.2) is 24.3 Å². The van der Waals surface area contributed by atoms with Crippen LogP contribution in [0.1, 0.15) is 24.4 Å². The molecule has 1 aliphatic rings. The number of benzene rings is 1. The lowest BCUT2D eigenvalue weighted by atomic mass is 10.0. The van der Waals surface area contributed by atoms with Gasteiger partial charge in [0, 0.05) is 12.0 Å². The predicted molar refractivity (Wildman–Crippen MR) is 59.7 cm³/mol. The quantitative estimate of drug-likeness (QED) is 0.769. The van der Waals surface area contributed by atoms with Gasteiger partial charge in [-0.3, -0.25) is 9.59 Å². The Hall–Kier alpha value is -2.04. The Morgan fingerprint density at radius 3 is 2.94 bits per heavy atom. The molecule has 5 heteroatoms. The summed E-state index contributed by atoms with van der Waals surface area (Å²) in [5.41, 5.74) is 0.900. The van der Waals surface area contributed by atoms with E-state index in [9.17, 15) is 9.59 Å². The molecule has 1 unspecified atom stereocenters. The van der Waals surface area contributed by atoms with Gasteiger partial charge >= 0.3 is 5.97 Å². The van der Waals surface area contributed by atoms with Crippen molar-refractivity contribution in [3.8, 4) is 5.75 Å². The molecule has 0 saturated carbocycles. The Kier molecular flexibility index (Phi) is 3.27. The summed E-state index contributed by atoms with van der Waals surface area (Å²) < 4.78 is 5.45. The molecule has 2 N–H and O–H groups in total. The van der Waals surface area contributed by atoms with Gasteiger partial charge in [0.1, 0.15) is 12.2 Å². The number of aliphatic carboxylic acids is 1. The number of carbonyl (C=O) groups excluding carboxylic acids is 1. The fourth-order valence-corrected chi connectivity index (χ4v) is 1.87. The van der Waals surface area contributed by atoms with Crippen LogP contribution in [0.3, 0.4) is 0 Å². The van der Waals surface area contributed by atoms with Crippen LogP contribution in [-0.2, 0) is 9.59 Å². The third kappa shape index (κ3) is 2.75. The summed E-state index contributed by atoms with van der Waals surface area (Å²) >= 11 is 0. The summed E-state index contributed by atoms with van der Waals surface area (Å²) in [7, 11) is 0. The number of carbonyl (C=O) groups is 2. The van der Waals surface area contributed by atoms with Gasteiger partial charge in [-0.2, -0.15) is 0 Å². The molecule has 2 rings (SSSR count). The van der Waals surface area contributed by atoms with E-state index in [-0.39, 0.29) is 6.04 Å². The molecule has 1 aliphatic heterocycles. The summed E-state index contributed by atoms with van der Waals surface area (Å²) in [5.74, 6) is -0.846. The normalized spacial score (nSPS) is 17.8. The van der Waals surface area contributed by atoms with Gasteiger partial charge in [-0.25, -0.2) is 0 Å². The van der Waals surface area contributed by atoms with Gasteiger partial charge in [0.15, 0.2) is 0 Å². The van der Waals surface area contributed by atoms with E-state index in [1.807, 2.05) is 24.3 Å². The van der Waals surface area contributed by atoms with Crippen LogP contribution in [0.5, 0.6) is 5.75 Å². The highest BCUT2D eigenvalue weighted by Crippen LogP contribution is 2.31. The number of ether oxygens (including phenoxy) is 1. The average molecular weight is 235 g/mol. The zero-order valence-corrected chi connectivity index (χ0v) is 9.18. The van der Waals surface area contributed by atoms with Gasteiger partial charge in [-0.05, 0) is 6.07 Å². The Morgan fingerprint density at radius 2 is 2.18 bits per heavy atom. The van der Waals surface area contributed by atoms with E-state index < -0.39 is 18.3 Å². The minimum atomic E-state index is -1.12. The molecule has 5 nitrogen and oxygen atoms in total. The highest BCUT2D eigenvalue weighted by atomic mass is 16.5. The van der Waals surface area contributed by atoms with Crippen LogP contribution >= 0.6 is 0 Å². The van der Waals surface area contributed by atoms with E-state index >= 15 is 0 Å². The highest BCUT2D eigenvalue weighted by molar-refractivity contribution is 5.93. The lowest BCUT2D eigenvalue weighted by Gasteiger charge is -2.26. The van der Waals surface area contributed by atoms with Gasteiger partial charge < -0.3 is 15.2 Å². The minimum Gasteiger partial charge on any atom is -0.493 e. The van der Waals surface area contributed by atoms with Gasteiger partial charge in [-0.1, -0.05) is 18.2 Å². The molecule has 0 bridgehead atoms. The Morgan fingerprint density at radius 1 is 1.41 bits per heavy atom. The first kappa shape index (κ1) is 11.4. The molecule has 90 valence electrons. The summed E-state index contributed by atoms with van der Waals surface area (Å²) in [6, 6.07) is 7.28. The lowest BCUT2D eigenvalue weighted by Crippen LogP contribution is -2.33. The second-order valence-corrected chi connectivity index (χ2v) is 3.87. The topological polar surface area (TPSA) is 75.6 Å². The molecular weight excluding hydrogens is 222 g/mol. The molecule has 17 heavy (non-hydrogen) atoms. The molecule has 1 aromatic rings. The third-order valence-electron chi connectivity index (χ3n) is 2.61. The standard InChI is InChI=1S/C12H13NO4/c14-11(7-12(15)16)13-9-5-6-17-10-4-2-1-3-8(9)10/h1-4,9H,5-7H2,(H,13,14)(H,15,16). The number of hydrogen-bond acceptors (Lipinski definition) is 3. The molecular formula is C12H13NO4. The molecule has 0 radical (unpaired) electrons. The van der Waals surface area contributed by atoms with Gasteiger partial charge in [0.2, 0.25) is 5.91 Å². The number of amides is 1.